The molecule has 0 bridgehead atoms. The maximum absolute atomic E-state index is 13.0. The van der Waals surface area contributed by atoms with Crippen LogP contribution in [0.5, 0.6) is 0 Å². The summed E-state index contributed by atoms with van der Waals surface area (Å²) in [7, 11) is 3.82. The molecule has 1 amide bonds. The molecule has 1 saturated heterocycles. The largest absolute Gasteiger partial charge is 0.507 e. The lowest BCUT2D eigenvalue weighted by molar-refractivity contribution is -0.140. The maximum atomic E-state index is 13.0. The number of para-hydroxylation sites is 1. The maximum Gasteiger partial charge on any atom is 0.295 e. The van der Waals surface area contributed by atoms with Gasteiger partial charge in [-0.15, -0.1) is 0 Å². The van der Waals surface area contributed by atoms with Gasteiger partial charge in [-0.2, -0.15) is 0 Å². The summed E-state index contributed by atoms with van der Waals surface area (Å²) in [5.74, 6) is -1.49. The summed E-state index contributed by atoms with van der Waals surface area (Å²) < 4.78 is 0. The zero-order valence-corrected chi connectivity index (χ0v) is 17.5. The quantitative estimate of drug-likeness (QED) is 0.371. The Morgan fingerprint density at radius 3 is 2.53 bits per heavy atom. The summed E-state index contributed by atoms with van der Waals surface area (Å²) in [4.78, 5) is 32.7. The van der Waals surface area contributed by atoms with Gasteiger partial charge in [0.1, 0.15) is 5.76 Å². The van der Waals surface area contributed by atoms with E-state index in [-0.39, 0.29) is 11.3 Å². The van der Waals surface area contributed by atoms with Crippen molar-refractivity contribution in [2.24, 2.45) is 0 Å². The van der Waals surface area contributed by atoms with E-state index < -0.39 is 17.7 Å². The van der Waals surface area contributed by atoms with Gasteiger partial charge in [0.15, 0.2) is 0 Å². The summed E-state index contributed by atoms with van der Waals surface area (Å²) in [5.41, 5.74) is 2.21. The summed E-state index contributed by atoms with van der Waals surface area (Å²) in [5, 5.41) is 12.5. The van der Waals surface area contributed by atoms with Gasteiger partial charge in [0, 0.05) is 46.3 Å². The van der Waals surface area contributed by atoms with Crippen LogP contribution in [0, 0.1) is 0 Å². The molecule has 7 heteroatoms. The number of aromatic amines is 1. The molecule has 1 fully saturated rings. The molecular weight excluding hydrogens is 402 g/mol. The van der Waals surface area contributed by atoms with Crippen LogP contribution in [0.15, 0.2) is 60.3 Å². The molecule has 2 N–H and O–H groups in total. The molecule has 1 atom stereocenters. The first kappa shape index (κ1) is 20.2. The predicted molar refractivity (Wildman–Crippen MR) is 117 cm³/mol. The zero-order valence-electron chi connectivity index (χ0n) is 16.7. The first-order valence-corrected chi connectivity index (χ1v) is 10.0. The number of carbonyl (C=O) groups excluding carboxylic acids is 2. The molecule has 0 saturated carbocycles. The average Bonchev–Trinajstić information content (AvgIpc) is 3.25. The molecule has 0 radical (unpaired) electrons. The Balaban J connectivity index is 1.90. The number of benzene rings is 2. The molecule has 0 aliphatic carbocycles. The molecule has 1 aliphatic heterocycles. The zero-order chi connectivity index (χ0) is 21.4. The summed E-state index contributed by atoms with van der Waals surface area (Å²) >= 11 is 5.96. The second-order valence-corrected chi connectivity index (χ2v) is 8.03. The van der Waals surface area contributed by atoms with Gasteiger partial charge in [-0.05, 0) is 44.4 Å². The second kappa shape index (κ2) is 7.97. The lowest BCUT2D eigenvalue weighted by Crippen LogP contribution is -2.35. The van der Waals surface area contributed by atoms with Crippen molar-refractivity contribution in [3.05, 3.63) is 76.5 Å². The molecule has 1 aromatic heterocycles. The van der Waals surface area contributed by atoms with Crippen molar-refractivity contribution in [2.75, 3.05) is 27.2 Å². The van der Waals surface area contributed by atoms with Crippen LogP contribution in [0.3, 0.4) is 0 Å². The van der Waals surface area contributed by atoms with Crippen LogP contribution >= 0.6 is 11.6 Å². The van der Waals surface area contributed by atoms with E-state index in [2.05, 4.69) is 4.98 Å². The predicted octanol–water partition coefficient (Wildman–Crippen LogP) is 3.80. The number of H-pyrrole nitrogens is 1. The van der Waals surface area contributed by atoms with E-state index in [4.69, 9.17) is 11.6 Å². The topological polar surface area (TPSA) is 76.6 Å². The van der Waals surface area contributed by atoms with Crippen LogP contribution in [-0.4, -0.2) is 58.8 Å². The highest BCUT2D eigenvalue weighted by Crippen LogP contribution is 2.41. The SMILES string of the molecule is CN(C)CCN1C(=O)C(=O)/C(=C(/O)c2ccc(Cl)cc2)C1c1c[nH]c2ccccc12. The van der Waals surface area contributed by atoms with Crippen LogP contribution in [0.2, 0.25) is 5.02 Å². The third-order valence-electron chi connectivity index (χ3n) is 5.36. The number of nitrogens with zero attached hydrogens (tertiary/aromatic N) is 2. The van der Waals surface area contributed by atoms with Crippen molar-refractivity contribution in [3.8, 4) is 0 Å². The molecule has 154 valence electrons. The number of carbonyl (C=O) groups is 2. The molecule has 30 heavy (non-hydrogen) atoms. The molecule has 6 nitrogen and oxygen atoms in total. The fourth-order valence-corrected chi connectivity index (χ4v) is 3.95. The number of rotatable bonds is 5. The first-order valence-electron chi connectivity index (χ1n) is 9.63. The Labute approximate surface area is 179 Å². The lowest BCUT2D eigenvalue weighted by atomic mass is 9.95. The smallest absolute Gasteiger partial charge is 0.295 e. The Hall–Kier alpha value is -3.09. The number of aromatic nitrogens is 1. The molecule has 4 rings (SSSR count). The normalized spacial score (nSPS) is 18.7. The fraction of sp³-hybridized carbons (Fsp3) is 0.217. The van der Waals surface area contributed by atoms with Crippen molar-refractivity contribution in [1.29, 1.82) is 0 Å². The van der Waals surface area contributed by atoms with Crippen LogP contribution in [-0.2, 0) is 9.59 Å². The van der Waals surface area contributed by atoms with Crippen molar-refractivity contribution < 1.29 is 14.7 Å². The summed E-state index contributed by atoms with van der Waals surface area (Å²) in [6.45, 7) is 0.950. The molecular formula is C23H22ClN3O3. The number of aliphatic hydroxyl groups excluding tert-OH is 1. The molecule has 3 aromatic rings. The van der Waals surface area contributed by atoms with Gasteiger partial charge in [-0.3, -0.25) is 9.59 Å². The Kier molecular flexibility index (Phi) is 5.37. The molecule has 2 aromatic carbocycles. The number of halogens is 1. The number of likely N-dealkylation sites (tertiary alicyclic amines) is 1. The minimum absolute atomic E-state index is 0.0887. The van der Waals surface area contributed by atoms with Gasteiger partial charge in [0.05, 0.1) is 11.6 Å². The number of amides is 1. The number of aliphatic hydroxyl groups is 1. The molecule has 1 unspecified atom stereocenters. The van der Waals surface area contributed by atoms with E-state index in [0.717, 1.165) is 16.5 Å². The van der Waals surface area contributed by atoms with Crippen molar-refractivity contribution in [2.45, 2.75) is 6.04 Å². The van der Waals surface area contributed by atoms with Gasteiger partial charge in [0.25, 0.3) is 11.7 Å². The van der Waals surface area contributed by atoms with Crippen molar-refractivity contribution >= 4 is 40.0 Å². The van der Waals surface area contributed by atoms with Crippen molar-refractivity contribution in [1.82, 2.24) is 14.8 Å². The van der Waals surface area contributed by atoms with E-state index in [9.17, 15) is 14.7 Å². The number of hydrogen-bond acceptors (Lipinski definition) is 4. The molecule has 1 aliphatic rings. The van der Waals surface area contributed by atoms with Gasteiger partial charge in [0.2, 0.25) is 0 Å². The number of fused-ring (bicyclic) bond motifs is 1. The summed E-state index contributed by atoms with van der Waals surface area (Å²) in [6.07, 6.45) is 1.80. The van der Waals surface area contributed by atoms with Crippen LogP contribution in [0.25, 0.3) is 16.7 Å². The monoisotopic (exact) mass is 423 g/mol. The lowest BCUT2D eigenvalue weighted by Gasteiger charge is -2.26. The number of nitrogens with one attached hydrogen (secondary N) is 1. The second-order valence-electron chi connectivity index (χ2n) is 7.59. The van der Waals surface area contributed by atoms with Gasteiger partial charge in [-0.1, -0.05) is 29.8 Å². The van der Waals surface area contributed by atoms with Gasteiger partial charge in [-0.25, -0.2) is 0 Å². The third-order valence-corrected chi connectivity index (χ3v) is 5.61. The number of ketones is 1. The Morgan fingerprint density at radius 1 is 1.13 bits per heavy atom. The van der Waals surface area contributed by atoms with Crippen LogP contribution in [0.4, 0.5) is 0 Å². The van der Waals surface area contributed by atoms with Gasteiger partial charge >= 0.3 is 0 Å². The minimum Gasteiger partial charge on any atom is -0.507 e. The van der Waals surface area contributed by atoms with Crippen LogP contribution < -0.4 is 0 Å². The van der Waals surface area contributed by atoms with Crippen molar-refractivity contribution in [3.63, 3.8) is 0 Å². The minimum atomic E-state index is -0.684. The third kappa shape index (κ3) is 3.49. The number of hydrogen-bond donors (Lipinski definition) is 2. The fourth-order valence-electron chi connectivity index (χ4n) is 3.83. The highest BCUT2D eigenvalue weighted by molar-refractivity contribution is 6.46. The Morgan fingerprint density at radius 2 is 1.83 bits per heavy atom. The van der Waals surface area contributed by atoms with E-state index in [0.29, 0.717) is 23.7 Å². The first-order chi connectivity index (χ1) is 14.4. The highest BCUT2D eigenvalue weighted by Gasteiger charge is 2.46. The van der Waals surface area contributed by atoms with E-state index in [1.54, 1.807) is 35.4 Å². The summed E-state index contributed by atoms with van der Waals surface area (Å²) in [6, 6.07) is 13.6. The molecule has 2 heterocycles. The standard InChI is InChI=1S/C23H22ClN3O3/c1-26(2)11-12-27-20(17-13-25-18-6-4-3-5-16(17)18)19(22(29)23(27)30)21(28)14-7-9-15(24)10-8-14/h3-10,13,20,25,28H,11-12H2,1-2H3/b21-19+. The van der Waals surface area contributed by atoms with Crippen LogP contribution in [0.1, 0.15) is 17.2 Å². The average molecular weight is 424 g/mol. The highest BCUT2D eigenvalue weighted by atomic mass is 35.5. The molecule has 0 spiro atoms. The van der Waals surface area contributed by atoms with E-state index in [1.807, 2.05) is 43.3 Å². The number of Topliss-reactive ketones (excluding diaryl/α,β-unsaturated/α-hetero) is 1. The van der Waals surface area contributed by atoms with E-state index in [1.165, 1.54) is 0 Å². The number of likely N-dealkylation sites (N-methyl/N-ethyl adjacent to an activating group) is 1. The Bertz CT molecular complexity index is 1150. The van der Waals surface area contributed by atoms with E-state index >= 15 is 0 Å². The van der Waals surface area contributed by atoms with Gasteiger partial charge < -0.3 is 19.9 Å².